The Balaban J connectivity index is 0.00000113. The van der Waals surface area contributed by atoms with E-state index in [9.17, 15) is 0 Å². The van der Waals surface area contributed by atoms with Gasteiger partial charge in [-0.3, -0.25) is 4.99 Å². The molecule has 0 fully saturated rings. The molecular formula is C19H19Cl3N4. The number of aromatic amines is 1. The molecule has 0 amide bonds. The van der Waals surface area contributed by atoms with Crippen LogP contribution in [0.25, 0.3) is 11.1 Å². The van der Waals surface area contributed by atoms with E-state index in [1.165, 1.54) is 11.1 Å². The fourth-order valence-corrected chi connectivity index (χ4v) is 2.74. The number of imidazole rings is 1. The van der Waals surface area contributed by atoms with Crippen LogP contribution in [-0.2, 0) is 6.54 Å². The van der Waals surface area contributed by atoms with Crippen LogP contribution >= 0.6 is 37.2 Å². The van der Waals surface area contributed by atoms with Crippen molar-refractivity contribution in [3.05, 3.63) is 84.7 Å². The molecule has 2 heterocycles. The van der Waals surface area contributed by atoms with Gasteiger partial charge in [0.15, 0.2) is 0 Å². The maximum Gasteiger partial charge on any atom is 0.0922 e. The third kappa shape index (κ3) is 4.67. The number of nitrogens with one attached hydrogen (secondary N) is 1. The summed E-state index contributed by atoms with van der Waals surface area (Å²) in [6, 6.07) is 16.9. The smallest absolute Gasteiger partial charge is 0.0922 e. The molecule has 0 unspecified atom stereocenters. The number of H-pyrrole nitrogens is 1. The molecule has 0 bridgehead atoms. The van der Waals surface area contributed by atoms with E-state index in [1.807, 2.05) is 30.9 Å². The average molecular weight is 410 g/mol. The first kappa shape index (κ1) is 21.8. The zero-order valence-corrected chi connectivity index (χ0v) is 16.2. The zero-order valence-electron chi connectivity index (χ0n) is 13.8. The molecule has 0 aliphatic carbocycles. The van der Waals surface area contributed by atoms with Crippen molar-refractivity contribution in [2.75, 3.05) is 4.90 Å². The Morgan fingerprint density at radius 2 is 1.73 bits per heavy atom. The number of fused-ring (bicyclic) bond motifs is 1. The van der Waals surface area contributed by atoms with E-state index in [1.54, 1.807) is 6.33 Å². The van der Waals surface area contributed by atoms with E-state index in [0.717, 1.165) is 23.5 Å². The lowest BCUT2D eigenvalue weighted by atomic mass is 10.0. The molecule has 26 heavy (non-hydrogen) atoms. The van der Waals surface area contributed by atoms with Gasteiger partial charge in [0.1, 0.15) is 0 Å². The van der Waals surface area contributed by atoms with Crippen molar-refractivity contribution in [1.29, 1.82) is 0 Å². The summed E-state index contributed by atoms with van der Waals surface area (Å²) in [7, 11) is 0. The first-order valence-corrected chi connectivity index (χ1v) is 7.53. The first-order valence-electron chi connectivity index (χ1n) is 7.53. The van der Waals surface area contributed by atoms with Crippen LogP contribution < -0.4 is 4.90 Å². The number of hydrogen-bond donors (Lipinski definition) is 1. The summed E-state index contributed by atoms with van der Waals surface area (Å²) in [5.41, 5.74) is 5.71. The minimum Gasteiger partial charge on any atom is -0.347 e. The molecule has 4 nitrogen and oxygen atoms in total. The van der Waals surface area contributed by atoms with Crippen LogP contribution in [0.1, 0.15) is 11.3 Å². The fraction of sp³-hybridized carbons (Fsp3) is 0.0526. The molecule has 4 rings (SSSR count). The van der Waals surface area contributed by atoms with E-state index in [-0.39, 0.29) is 37.2 Å². The third-order valence-electron chi connectivity index (χ3n) is 3.89. The van der Waals surface area contributed by atoms with E-state index in [2.05, 4.69) is 62.3 Å². The molecule has 0 saturated carbocycles. The second-order valence-corrected chi connectivity index (χ2v) is 5.42. The van der Waals surface area contributed by atoms with Crippen LogP contribution in [0.4, 0.5) is 5.69 Å². The van der Waals surface area contributed by atoms with Crippen LogP contribution in [0, 0.1) is 0 Å². The van der Waals surface area contributed by atoms with Crippen LogP contribution in [0.5, 0.6) is 0 Å². The standard InChI is InChI=1S/C19H16N4.3ClH/c1-2-4-15(5-3-1)16-6-7-19-17(10-16)11-20-8-9-23(19)13-18-12-21-14-22-18;;;/h1-12,14H,13H2,(H,21,22);3*1H. The van der Waals surface area contributed by atoms with Gasteiger partial charge in [0.2, 0.25) is 0 Å². The van der Waals surface area contributed by atoms with Gasteiger partial charge in [-0.1, -0.05) is 36.4 Å². The Kier molecular flexibility index (Phi) is 8.39. The second kappa shape index (κ2) is 10.0. The quantitative estimate of drug-likeness (QED) is 0.642. The molecular weight excluding hydrogens is 391 g/mol. The monoisotopic (exact) mass is 408 g/mol. The second-order valence-electron chi connectivity index (χ2n) is 5.42. The first-order chi connectivity index (χ1) is 11.4. The molecule has 0 spiro atoms. The molecule has 2 aromatic carbocycles. The van der Waals surface area contributed by atoms with Crippen LogP contribution in [0.15, 0.2) is 78.4 Å². The van der Waals surface area contributed by atoms with Gasteiger partial charge in [0.25, 0.3) is 0 Å². The van der Waals surface area contributed by atoms with Crippen LogP contribution in [0.3, 0.4) is 0 Å². The highest BCUT2D eigenvalue weighted by atomic mass is 35.5. The summed E-state index contributed by atoms with van der Waals surface area (Å²) in [6.07, 6.45) is 9.26. The summed E-state index contributed by atoms with van der Waals surface area (Å²) in [5.74, 6) is 0. The van der Waals surface area contributed by atoms with E-state index in [0.29, 0.717) is 0 Å². The summed E-state index contributed by atoms with van der Waals surface area (Å²) in [5, 5.41) is 0. The van der Waals surface area contributed by atoms with Gasteiger partial charge in [-0.15, -0.1) is 37.2 Å². The molecule has 7 heteroatoms. The summed E-state index contributed by atoms with van der Waals surface area (Å²) in [6.45, 7) is 0.734. The molecule has 3 aromatic rings. The van der Waals surface area contributed by atoms with E-state index in [4.69, 9.17) is 0 Å². The Labute approximate surface area is 171 Å². The zero-order chi connectivity index (χ0) is 15.5. The van der Waals surface area contributed by atoms with Gasteiger partial charge in [-0.2, -0.15) is 0 Å². The molecule has 0 saturated heterocycles. The lowest BCUT2D eigenvalue weighted by Crippen LogP contribution is -2.16. The van der Waals surface area contributed by atoms with Crippen molar-refractivity contribution in [3.63, 3.8) is 0 Å². The maximum absolute atomic E-state index is 4.35. The van der Waals surface area contributed by atoms with Crippen molar-refractivity contribution in [3.8, 4) is 11.1 Å². The van der Waals surface area contributed by atoms with Crippen LogP contribution in [0.2, 0.25) is 0 Å². The van der Waals surface area contributed by atoms with Crippen molar-refractivity contribution >= 4 is 49.1 Å². The van der Waals surface area contributed by atoms with Gasteiger partial charge in [0, 0.05) is 36.1 Å². The number of aromatic nitrogens is 2. The highest BCUT2D eigenvalue weighted by Crippen LogP contribution is 2.28. The predicted octanol–water partition coefficient (Wildman–Crippen LogP) is 5.25. The molecule has 1 aliphatic heterocycles. The Hall–Kier alpha value is -2.27. The van der Waals surface area contributed by atoms with Gasteiger partial charge >= 0.3 is 0 Å². The van der Waals surface area contributed by atoms with Gasteiger partial charge in [-0.05, 0) is 23.3 Å². The van der Waals surface area contributed by atoms with Gasteiger partial charge < -0.3 is 9.88 Å². The van der Waals surface area contributed by atoms with Crippen LogP contribution in [-0.4, -0.2) is 16.2 Å². The van der Waals surface area contributed by atoms with Crippen molar-refractivity contribution < 1.29 is 0 Å². The van der Waals surface area contributed by atoms with Crippen molar-refractivity contribution in [2.45, 2.75) is 6.54 Å². The minimum absolute atomic E-state index is 0. The Morgan fingerprint density at radius 3 is 2.46 bits per heavy atom. The molecule has 0 radical (unpaired) electrons. The third-order valence-corrected chi connectivity index (χ3v) is 3.89. The largest absolute Gasteiger partial charge is 0.347 e. The molecule has 0 atom stereocenters. The number of anilines is 1. The molecule has 1 aromatic heterocycles. The summed E-state index contributed by atoms with van der Waals surface area (Å²) in [4.78, 5) is 13.8. The number of aliphatic imine (C=N–C) groups is 1. The van der Waals surface area contributed by atoms with Gasteiger partial charge in [-0.25, -0.2) is 4.98 Å². The number of halogens is 3. The highest BCUT2D eigenvalue weighted by Gasteiger charge is 2.12. The number of hydrogen-bond acceptors (Lipinski definition) is 3. The number of nitrogens with zero attached hydrogens (tertiary/aromatic N) is 3. The summed E-state index contributed by atoms with van der Waals surface area (Å²) >= 11 is 0. The summed E-state index contributed by atoms with van der Waals surface area (Å²) < 4.78 is 0. The number of benzene rings is 2. The van der Waals surface area contributed by atoms with Crippen molar-refractivity contribution in [1.82, 2.24) is 9.97 Å². The normalized spacial score (nSPS) is 11.5. The predicted molar refractivity (Wildman–Crippen MR) is 115 cm³/mol. The SMILES string of the molecule is C1=CN(Cc2cnc[nH]2)c2ccc(-c3ccccc3)cc2C=N1.Cl.Cl.Cl. The number of rotatable bonds is 3. The van der Waals surface area contributed by atoms with E-state index < -0.39 is 0 Å². The lowest BCUT2D eigenvalue weighted by molar-refractivity contribution is 0.931. The highest BCUT2D eigenvalue weighted by molar-refractivity contribution is 5.92. The minimum atomic E-state index is 0. The fourth-order valence-electron chi connectivity index (χ4n) is 2.74. The molecule has 136 valence electrons. The topological polar surface area (TPSA) is 44.3 Å². The average Bonchev–Trinajstić information content (AvgIpc) is 3.03. The molecule has 1 aliphatic rings. The molecule has 1 N–H and O–H groups in total. The lowest BCUT2D eigenvalue weighted by Gasteiger charge is -2.21. The maximum atomic E-state index is 4.35. The van der Waals surface area contributed by atoms with E-state index >= 15 is 0 Å². The Morgan fingerprint density at radius 1 is 0.923 bits per heavy atom. The Bertz CT molecular complexity index is 862. The van der Waals surface area contributed by atoms with Gasteiger partial charge in [0.05, 0.1) is 18.6 Å². The van der Waals surface area contributed by atoms with Crippen molar-refractivity contribution in [2.24, 2.45) is 4.99 Å².